The monoisotopic (exact) mass is 435 g/mol. The third-order valence-electron chi connectivity index (χ3n) is 4.09. The average molecular weight is 436 g/mol. The maximum absolute atomic E-state index is 13.6. The van der Waals surface area contributed by atoms with E-state index in [1.807, 2.05) is 0 Å². The van der Waals surface area contributed by atoms with Gasteiger partial charge in [0, 0.05) is 10.6 Å². The fraction of sp³-hybridized carbons (Fsp3) is 0.0500. The van der Waals surface area contributed by atoms with Crippen molar-refractivity contribution >= 4 is 33.3 Å². The van der Waals surface area contributed by atoms with Gasteiger partial charge in [0.15, 0.2) is 0 Å². The Labute approximate surface area is 171 Å². The van der Waals surface area contributed by atoms with Crippen LogP contribution >= 0.6 is 11.6 Å². The van der Waals surface area contributed by atoms with Gasteiger partial charge < -0.3 is 9.84 Å². The summed E-state index contributed by atoms with van der Waals surface area (Å²) in [5, 5.41) is 9.42. The number of rotatable bonds is 6. The number of carboxylic acids is 1. The van der Waals surface area contributed by atoms with E-state index in [-0.39, 0.29) is 21.2 Å². The normalized spacial score (nSPS) is 11.1. The zero-order chi connectivity index (χ0) is 21.2. The van der Waals surface area contributed by atoms with Crippen molar-refractivity contribution in [1.82, 2.24) is 0 Å². The molecule has 0 unspecified atom stereocenters. The molecule has 3 aromatic carbocycles. The molecule has 3 rings (SSSR count). The van der Waals surface area contributed by atoms with Gasteiger partial charge in [-0.1, -0.05) is 23.7 Å². The first-order chi connectivity index (χ1) is 13.7. The van der Waals surface area contributed by atoms with E-state index in [1.54, 1.807) is 0 Å². The minimum Gasteiger partial charge on any atom is -0.496 e. The van der Waals surface area contributed by atoms with Crippen molar-refractivity contribution in [2.24, 2.45) is 0 Å². The second-order valence-electron chi connectivity index (χ2n) is 5.97. The number of benzene rings is 3. The van der Waals surface area contributed by atoms with Gasteiger partial charge in [-0.05, 0) is 54.1 Å². The second-order valence-corrected chi connectivity index (χ2v) is 8.09. The van der Waals surface area contributed by atoms with Crippen molar-refractivity contribution in [1.29, 1.82) is 0 Å². The van der Waals surface area contributed by atoms with Crippen LogP contribution in [0.2, 0.25) is 5.02 Å². The molecule has 0 spiro atoms. The van der Waals surface area contributed by atoms with E-state index < -0.39 is 21.8 Å². The van der Waals surface area contributed by atoms with E-state index in [4.69, 9.17) is 16.3 Å². The second kappa shape index (κ2) is 8.10. The van der Waals surface area contributed by atoms with Crippen molar-refractivity contribution < 1.29 is 27.4 Å². The lowest BCUT2D eigenvalue weighted by Crippen LogP contribution is -2.15. The van der Waals surface area contributed by atoms with Crippen LogP contribution in [0.25, 0.3) is 11.1 Å². The smallest absolute Gasteiger partial charge is 0.337 e. The Kier molecular flexibility index (Phi) is 5.76. The molecule has 0 saturated heterocycles. The van der Waals surface area contributed by atoms with Crippen LogP contribution in [0.4, 0.5) is 10.1 Å². The first-order valence-electron chi connectivity index (χ1n) is 8.21. The van der Waals surface area contributed by atoms with E-state index in [9.17, 15) is 22.7 Å². The zero-order valence-electron chi connectivity index (χ0n) is 15.0. The van der Waals surface area contributed by atoms with Crippen LogP contribution in [0.15, 0.2) is 65.6 Å². The number of carbonyl (C=O) groups is 1. The van der Waals surface area contributed by atoms with Crippen molar-refractivity contribution in [3.63, 3.8) is 0 Å². The van der Waals surface area contributed by atoms with E-state index in [0.29, 0.717) is 16.9 Å². The molecule has 150 valence electrons. The Morgan fingerprint density at radius 2 is 1.76 bits per heavy atom. The van der Waals surface area contributed by atoms with Crippen LogP contribution in [0.1, 0.15) is 10.4 Å². The van der Waals surface area contributed by atoms with Crippen LogP contribution < -0.4 is 9.46 Å². The molecule has 29 heavy (non-hydrogen) atoms. The highest BCUT2D eigenvalue weighted by molar-refractivity contribution is 7.92. The number of aromatic carboxylic acids is 1. The molecule has 2 N–H and O–H groups in total. The van der Waals surface area contributed by atoms with Gasteiger partial charge in [-0.25, -0.2) is 17.6 Å². The third kappa shape index (κ3) is 4.49. The van der Waals surface area contributed by atoms with Gasteiger partial charge in [0.1, 0.15) is 11.6 Å². The fourth-order valence-corrected chi connectivity index (χ4v) is 3.96. The first-order valence-corrected chi connectivity index (χ1v) is 10.1. The molecule has 0 aliphatic heterocycles. The first kappa shape index (κ1) is 20.6. The van der Waals surface area contributed by atoms with E-state index >= 15 is 0 Å². The Bertz CT molecular complexity index is 1180. The van der Waals surface area contributed by atoms with E-state index in [2.05, 4.69) is 4.72 Å². The molecule has 0 bridgehead atoms. The summed E-state index contributed by atoms with van der Waals surface area (Å²) in [5.74, 6) is -1.34. The Morgan fingerprint density at radius 1 is 1.07 bits per heavy atom. The molecule has 0 radical (unpaired) electrons. The van der Waals surface area contributed by atoms with Crippen LogP contribution in [-0.4, -0.2) is 26.6 Å². The van der Waals surface area contributed by atoms with E-state index in [0.717, 1.165) is 6.07 Å². The molecule has 6 nitrogen and oxygen atoms in total. The molecule has 0 fully saturated rings. The minimum atomic E-state index is -4.07. The van der Waals surface area contributed by atoms with Gasteiger partial charge in [0.25, 0.3) is 10.0 Å². The maximum atomic E-state index is 13.6. The summed E-state index contributed by atoms with van der Waals surface area (Å²) in [6, 6.07) is 13.5. The van der Waals surface area contributed by atoms with Crippen LogP contribution in [0, 0.1) is 5.82 Å². The van der Waals surface area contributed by atoms with Crippen LogP contribution in [0.3, 0.4) is 0 Å². The SMILES string of the molecule is COc1ccc(F)cc1-c1ccc(S(=O)(=O)Nc2ccc(Cl)cc2C(=O)O)cc1. The van der Waals surface area contributed by atoms with Gasteiger partial charge in [0.2, 0.25) is 0 Å². The largest absolute Gasteiger partial charge is 0.496 e. The lowest BCUT2D eigenvalue weighted by molar-refractivity contribution is 0.0698. The van der Waals surface area contributed by atoms with Crippen LogP contribution in [0.5, 0.6) is 5.75 Å². The zero-order valence-corrected chi connectivity index (χ0v) is 16.6. The average Bonchev–Trinajstić information content (AvgIpc) is 2.69. The van der Waals surface area contributed by atoms with Gasteiger partial charge in [-0.3, -0.25) is 4.72 Å². The van der Waals surface area contributed by atoms with Gasteiger partial charge in [0.05, 0.1) is 23.3 Å². The quantitative estimate of drug-likeness (QED) is 0.587. The molecule has 0 amide bonds. The summed E-state index contributed by atoms with van der Waals surface area (Å²) in [5.41, 5.74) is 0.633. The molecule has 0 heterocycles. The minimum absolute atomic E-state index is 0.0945. The summed E-state index contributed by atoms with van der Waals surface area (Å²) in [4.78, 5) is 11.3. The Morgan fingerprint density at radius 3 is 2.38 bits per heavy atom. The Hall–Kier alpha value is -3.10. The molecule has 0 saturated carbocycles. The number of hydrogen-bond acceptors (Lipinski definition) is 4. The number of methoxy groups -OCH3 is 1. The third-order valence-corrected chi connectivity index (χ3v) is 5.71. The van der Waals surface area contributed by atoms with Gasteiger partial charge >= 0.3 is 5.97 Å². The summed E-state index contributed by atoms with van der Waals surface area (Å²) >= 11 is 5.78. The summed E-state index contributed by atoms with van der Waals surface area (Å²) in [7, 11) is -2.62. The fourth-order valence-electron chi connectivity index (χ4n) is 2.71. The van der Waals surface area contributed by atoms with Gasteiger partial charge in [-0.15, -0.1) is 0 Å². The van der Waals surface area contributed by atoms with Crippen molar-refractivity contribution in [2.75, 3.05) is 11.8 Å². The number of anilines is 1. The van der Waals surface area contributed by atoms with Gasteiger partial charge in [-0.2, -0.15) is 0 Å². The highest BCUT2D eigenvalue weighted by atomic mass is 35.5. The number of nitrogens with one attached hydrogen (secondary N) is 1. The lowest BCUT2D eigenvalue weighted by atomic mass is 10.0. The molecular formula is C20H15ClFNO5S. The number of sulfonamides is 1. The highest BCUT2D eigenvalue weighted by Crippen LogP contribution is 2.31. The number of halogens is 2. The lowest BCUT2D eigenvalue weighted by Gasteiger charge is -2.12. The highest BCUT2D eigenvalue weighted by Gasteiger charge is 2.19. The summed E-state index contributed by atoms with van der Waals surface area (Å²) in [6.45, 7) is 0. The molecule has 0 aromatic heterocycles. The number of hydrogen-bond donors (Lipinski definition) is 2. The van der Waals surface area contributed by atoms with Crippen molar-refractivity contribution in [3.8, 4) is 16.9 Å². The number of ether oxygens (including phenoxy) is 1. The standard InChI is InChI=1S/C20H15ClFNO5S/c1-28-19-9-5-14(22)11-16(19)12-2-6-15(7-3-12)29(26,27)23-18-8-4-13(21)10-17(18)20(24)25/h2-11,23H,1H3,(H,24,25). The number of carboxylic acid groups (broad SMARTS) is 1. The van der Waals surface area contributed by atoms with Crippen molar-refractivity contribution in [2.45, 2.75) is 4.90 Å². The predicted molar refractivity (Wildman–Crippen MR) is 108 cm³/mol. The molecule has 0 atom stereocenters. The predicted octanol–water partition coefficient (Wildman–Crippen LogP) is 4.65. The molecule has 0 aliphatic carbocycles. The molecule has 0 aliphatic rings. The maximum Gasteiger partial charge on any atom is 0.337 e. The molecular weight excluding hydrogens is 421 g/mol. The van der Waals surface area contributed by atoms with E-state index in [1.165, 1.54) is 61.7 Å². The summed E-state index contributed by atoms with van der Waals surface area (Å²) < 4.78 is 46.4. The van der Waals surface area contributed by atoms with Crippen molar-refractivity contribution in [3.05, 3.63) is 77.1 Å². The van der Waals surface area contributed by atoms with Crippen LogP contribution in [-0.2, 0) is 10.0 Å². The molecule has 3 aromatic rings. The Balaban J connectivity index is 1.94. The topological polar surface area (TPSA) is 92.7 Å². The summed E-state index contributed by atoms with van der Waals surface area (Å²) in [6.07, 6.45) is 0. The molecule has 9 heteroatoms.